The Morgan fingerprint density at radius 2 is 2.41 bits per heavy atom. The molecule has 1 aromatic heterocycles. The van der Waals surface area contributed by atoms with Crippen LogP contribution in [0.15, 0.2) is 18.2 Å². The van der Waals surface area contributed by atoms with Crippen LogP contribution in [0.4, 0.5) is 5.82 Å². The predicted molar refractivity (Wildman–Crippen MR) is 68.3 cm³/mol. The number of aromatic nitrogens is 1. The number of hydrogen-bond donors (Lipinski definition) is 1. The van der Waals surface area contributed by atoms with Gasteiger partial charge in [-0.2, -0.15) is 0 Å². The van der Waals surface area contributed by atoms with Crippen molar-refractivity contribution >= 4 is 23.3 Å². The maximum atomic E-state index is 11.6. The topological polar surface area (TPSA) is 45.2 Å². The number of nitrogens with one attached hydrogen (secondary N) is 1. The Balaban J connectivity index is 2.09. The van der Waals surface area contributed by atoms with Crippen molar-refractivity contribution in [2.75, 3.05) is 25.0 Å². The highest BCUT2D eigenvalue weighted by Gasteiger charge is 2.25. The summed E-state index contributed by atoms with van der Waals surface area (Å²) < 4.78 is 0. The Labute approximate surface area is 106 Å². The second-order valence-corrected chi connectivity index (χ2v) is 4.61. The average molecular weight is 254 g/mol. The largest absolute Gasteiger partial charge is 0.359 e. The summed E-state index contributed by atoms with van der Waals surface area (Å²) in [7, 11) is 1.68. The van der Waals surface area contributed by atoms with Gasteiger partial charge in [-0.3, -0.25) is 4.79 Å². The van der Waals surface area contributed by atoms with Gasteiger partial charge in [0.1, 0.15) is 11.0 Å². The Bertz CT molecular complexity index is 410. The van der Waals surface area contributed by atoms with E-state index in [4.69, 9.17) is 11.6 Å². The van der Waals surface area contributed by atoms with Gasteiger partial charge in [0.2, 0.25) is 5.91 Å². The van der Waals surface area contributed by atoms with Crippen molar-refractivity contribution in [3.8, 4) is 0 Å². The molecule has 1 saturated heterocycles. The Hall–Kier alpha value is -1.29. The zero-order valence-corrected chi connectivity index (χ0v) is 10.6. The quantitative estimate of drug-likeness (QED) is 0.816. The lowest BCUT2D eigenvalue weighted by atomic mass is 9.97. The highest BCUT2D eigenvalue weighted by Crippen LogP contribution is 2.22. The van der Waals surface area contributed by atoms with Gasteiger partial charge in [-0.25, -0.2) is 4.98 Å². The van der Waals surface area contributed by atoms with Crippen LogP contribution in [0.5, 0.6) is 0 Å². The van der Waals surface area contributed by atoms with Crippen LogP contribution in [-0.2, 0) is 4.79 Å². The summed E-state index contributed by atoms with van der Waals surface area (Å²) in [5.74, 6) is 1.01. The minimum atomic E-state index is 0.0505. The fourth-order valence-electron chi connectivity index (χ4n) is 2.18. The van der Waals surface area contributed by atoms with Crippen molar-refractivity contribution in [2.24, 2.45) is 5.92 Å². The van der Waals surface area contributed by atoms with E-state index in [1.165, 1.54) is 0 Å². The van der Waals surface area contributed by atoms with Crippen molar-refractivity contribution in [1.82, 2.24) is 10.3 Å². The van der Waals surface area contributed by atoms with E-state index >= 15 is 0 Å². The molecule has 4 nitrogen and oxygen atoms in total. The van der Waals surface area contributed by atoms with Crippen LogP contribution in [0.3, 0.4) is 0 Å². The number of amides is 1. The van der Waals surface area contributed by atoms with Gasteiger partial charge in [0.05, 0.1) is 5.92 Å². The summed E-state index contributed by atoms with van der Waals surface area (Å²) in [6.45, 7) is 1.65. The first kappa shape index (κ1) is 12.2. The van der Waals surface area contributed by atoms with Crippen LogP contribution >= 0.6 is 11.6 Å². The Kier molecular flexibility index (Phi) is 3.84. The number of nitrogens with zero attached hydrogens (tertiary/aromatic N) is 2. The lowest BCUT2D eigenvalue weighted by molar-refractivity contribution is -0.124. The molecule has 2 heterocycles. The molecule has 5 heteroatoms. The molecule has 0 aromatic carbocycles. The number of hydrogen-bond acceptors (Lipinski definition) is 3. The number of anilines is 1. The van der Waals surface area contributed by atoms with Crippen LogP contribution in [0.25, 0.3) is 0 Å². The van der Waals surface area contributed by atoms with E-state index in [0.29, 0.717) is 11.7 Å². The van der Waals surface area contributed by atoms with E-state index < -0.39 is 0 Å². The van der Waals surface area contributed by atoms with Crippen LogP contribution in [0, 0.1) is 5.92 Å². The van der Waals surface area contributed by atoms with Crippen molar-refractivity contribution in [3.05, 3.63) is 23.4 Å². The zero-order chi connectivity index (χ0) is 12.3. The molecule has 0 aliphatic carbocycles. The summed E-state index contributed by atoms with van der Waals surface area (Å²) in [5.41, 5.74) is 0. The molecule has 1 N–H and O–H groups in total. The molecule has 1 aromatic rings. The van der Waals surface area contributed by atoms with Gasteiger partial charge in [-0.15, -0.1) is 0 Å². The highest BCUT2D eigenvalue weighted by atomic mass is 35.5. The molecule has 0 saturated carbocycles. The average Bonchev–Trinajstić information content (AvgIpc) is 2.38. The van der Waals surface area contributed by atoms with E-state index in [-0.39, 0.29) is 11.8 Å². The number of carbonyl (C=O) groups is 1. The number of carbonyl (C=O) groups excluding carboxylic acids is 1. The third-order valence-corrected chi connectivity index (χ3v) is 3.27. The van der Waals surface area contributed by atoms with E-state index in [0.717, 1.165) is 25.2 Å². The Morgan fingerprint density at radius 1 is 1.59 bits per heavy atom. The van der Waals surface area contributed by atoms with Gasteiger partial charge in [0, 0.05) is 20.1 Å². The van der Waals surface area contributed by atoms with Crippen molar-refractivity contribution < 1.29 is 4.79 Å². The fourth-order valence-corrected chi connectivity index (χ4v) is 2.34. The minimum Gasteiger partial charge on any atom is -0.359 e. The molecule has 0 spiro atoms. The lowest BCUT2D eigenvalue weighted by Crippen LogP contribution is -2.42. The van der Waals surface area contributed by atoms with Gasteiger partial charge in [0.25, 0.3) is 0 Å². The maximum absolute atomic E-state index is 11.6. The molecular weight excluding hydrogens is 238 g/mol. The smallest absolute Gasteiger partial charge is 0.224 e. The van der Waals surface area contributed by atoms with Gasteiger partial charge >= 0.3 is 0 Å². The standard InChI is InChI=1S/C12H16ClN3O/c1-14-12(17)9-4-3-7-16(8-9)11-6-2-5-10(13)15-11/h2,5-6,9H,3-4,7-8H2,1H3,(H,14,17). The number of piperidine rings is 1. The first-order valence-electron chi connectivity index (χ1n) is 5.80. The highest BCUT2D eigenvalue weighted by molar-refractivity contribution is 6.29. The molecule has 1 aliphatic rings. The normalized spacial score (nSPS) is 20.1. The van der Waals surface area contributed by atoms with Crippen LogP contribution < -0.4 is 10.2 Å². The molecule has 0 bridgehead atoms. The predicted octanol–water partition coefficient (Wildman–Crippen LogP) is 1.70. The molecule has 92 valence electrons. The molecule has 1 amide bonds. The second-order valence-electron chi connectivity index (χ2n) is 4.22. The van der Waals surface area contributed by atoms with Gasteiger partial charge < -0.3 is 10.2 Å². The SMILES string of the molecule is CNC(=O)C1CCCN(c2cccc(Cl)n2)C1. The molecule has 1 fully saturated rings. The molecule has 1 atom stereocenters. The molecule has 0 radical (unpaired) electrons. The van der Waals surface area contributed by atoms with Crippen LogP contribution in [-0.4, -0.2) is 31.0 Å². The first-order valence-corrected chi connectivity index (χ1v) is 6.17. The summed E-state index contributed by atoms with van der Waals surface area (Å²) in [4.78, 5) is 18.0. The molecular formula is C12H16ClN3O. The maximum Gasteiger partial charge on any atom is 0.224 e. The number of rotatable bonds is 2. The van der Waals surface area contributed by atoms with Gasteiger partial charge in [-0.05, 0) is 25.0 Å². The van der Waals surface area contributed by atoms with Crippen LogP contribution in [0.1, 0.15) is 12.8 Å². The summed E-state index contributed by atoms with van der Waals surface area (Å²) in [5, 5.41) is 3.20. The molecule has 1 aliphatic heterocycles. The molecule has 2 rings (SSSR count). The van der Waals surface area contributed by atoms with E-state index in [9.17, 15) is 4.79 Å². The first-order chi connectivity index (χ1) is 8.20. The number of halogens is 1. The second kappa shape index (κ2) is 5.36. The number of pyridine rings is 1. The molecule has 1 unspecified atom stereocenters. The Morgan fingerprint density at radius 3 is 3.12 bits per heavy atom. The monoisotopic (exact) mass is 253 g/mol. The minimum absolute atomic E-state index is 0.0505. The fraction of sp³-hybridized carbons (Fsp3) is 0.500. The van der Waals surface area contributed by atoms with E-state index in [1.807, 2.05) is 12.1 Å². The van der Waals surface area contributed by atoms with Crippen molar-refractivity contribution in [3.63, 3.8) is 0 Å². The summed E-state index contributed by atoms with van der Waals surface area (Å²) >= 11 is 5.87. The van der Waals surface area contributed by atoms with Gasteiger partial charge in [0.15, 0.2) is 0 Å². The third-order valence-electron chi connectivity index (χ3n) is 3.06. The molecule has 17 heavy (non-hydrogen) atoms. The zero-order valence-electron chi connectivity index (χ0n) is 9.82. The van der Waals surface area contributed by atoms with E-state index in [2.05, 4.69) is 15.2 Å². The summed E-state index contributed by atoms with van der Waals surface area (Å²) in [6, 6.07) is 5.57. The third kappa shape index (κ3) is 2.88. The van der Waals surface area contributed by atoms with Crippen LogP contribution in [0.2, 0.25) is 5.15 Å². The van der Waals surface area contributed by atoms with Crippen molar-refractivity contribution in [2.45, 2.75) is 12.8 Å². The van der Waals surface area contributed by atoms with E-state index in [1.54, 1.807) is 13.1 Å². The van der Waals surface area contributed by atoms with Crippen molar-refractivity contribution in [1.29, 1.82) is 0 Å². The van der Waals surface area contributed by atoms with Gasteiger partial charge in [-0.1, -0.05) is 17.7 Å². The summed E-state index contributed by atoms with van der Waals surface area (Å²) in [6.07, 6.45) is 1.95. The lowest BCUT2D eigenvalue weighted by Gasteiger charge is -2.32.